The number of aryl methyl sites for hydroxylation is 2. The quantitative estimate of drug-likeness (QED) is 0.908. The van der Waals surface area contributed by atoms with Crippen LogP contribution >= 0.6 is 0 Å². The van der Waals surface area contributed by atoms with Gasteiger partial charge in [0.25, 0.3) is 5.56 Å². The number of fused-ring (bicyclic) bond motifs is 1. The summed E-state index contributed by atoms with van der Waals surface area (Å²) in [7, 11) is 0. The molecule has 0 radical (unpaired) electrons. The molecule has 0 atom stereocenters. The van der Waals surface area contributed by atoms with Crippen LogP contribution in [-0.4, -0.2) is 16.6 Å². The number of rotatable bonds is 2. The van der Waals surface area contributed by atoms with E-state index in [1.54, 1.807) is 0 Å². The Morgan fingerprint density at radius 3 is 2.95 bits per heavy atom. The molecule has 0 amide bonds. The van der Waals surface area contributed by atoms with Crippen LogP contribution in [0, 0.1) is 13.8 Å². The standard InChI is InChI=1S/C16H18N2O2/c1-10-3-4-12(7-11(10)2)8-15-17-14-5-6-20-9-13(14)16(19)18-15/h3-4,7H,5-6,8-9H2,1-2H3,(H,17,18,19). The largest absolute Gasteiger partial charge is 0.376 e. The van der Waals surface area contributed by atoms with E-state index in [4.69, 9.17) is 4.74 Å². The zero-order valence-corrected chi connectivity index (χ0v) is 11.8. The summed E-state index contributed by atoms with van der Waals surface area (Å²) in [6.45, 7) is 5.21. The predicted octanol–water partition coefficient (Wildman–Crippen LogP) is 2.05. The van der Waals surface area contributed by atoms with Crippen LogP contribution in [0.5, 0.6) is 0 Å². The molecule has 0 unspecified atom stereocenters. The number of aromatic nitrogens is 2. The third-order valence-corrected chi connectivity index (χ3v) is 3.82. The second-order valence-electron chi connectivity index (χ2n) is 5.34. The first-order valence-electron chi connectivity index (χ1n) is 6.88. The number of hydrogen-bond acceptors (Lipinski definition) is 3. The summed E-state index contributed by atoms with van der Waals surface area (Å²) in [4.78, 5) is 19.5. The van der Waals surface area contributed by atoms with Crippen molar-refractivity contribution in [1.82, 2.24) is 9.97 Å². The van der Waals surface area contributed by atoms with Gasteiger partial charge in [0.15, 0.2) is 0 Å². The van der Waals surface area contributed by atoms with Crippen molar-refractivity contribution in [3.05, 3.63) is 62.3 Å². The first-order valence-corrected chi connectivity index (χ1v) is 6.88. The lowest BCUT2D eigenvalue weighted by molar-refractivity contribution is 0.108. The molecule has 1 aliphatic heterocycles. The summed E-state index contributed by atoms with van der Waals surface area (Å²) < 4.78 is 5.30. The summed E-state index contributed by atoms with van der Waals surface area (Å²) in [5.41, 5.74) is 5.21. The van der Waals surface area contributed by atoms with Crippen molar-refractivity contribution in [2.45, 2.75) is 33.3 Å². The topological polar surface area (TPSA) is 55.0 Å². The lowest BCUT2D eigenvalue weighted by Gasteiger charge is -2.15. The Morgan fingerprint density at radius 1 is 1.30 bits per heavy atom. The molecule has 0 fully saturated rings. The molecule has 1 aromatic heterocycles. The summed E-state index contributed by atoms with van der Waals surface area (Å²) in [6, 6.07) is 6.35. The van der Waals surface area contributed by atoms with E-state index in [2.05, 4.69) is 42.0 Å². The van der Waals surface area contributed by atoms with Crippen molar-refractivity contribution < 1.29 is 4.74 Å². The highest BCUT2D eigenvalue weighted by molar-refractivity contribution is 5.31. The van der Waals surface area contributed by atoms with Crippen LogP contribution in [0.1, 0.15) is 33.8 Å². The molecule has 0 spiro atoms. The van der Waals surface area contributed by atoms with Crippen molar-refractivity contribution in [3.8, 4) is 0 Å². The highest BCUT2D eigenvalue weighted by Gasteiger charge is 2.16. The zero-order valence-electron chi connectivity index (χ0n) is 11.8. The molecule has 2 heterocycles. The Morgan fingerprint density at radius 2 is 2.15 bits per heavy atom. The van der Waals surface area contributed by atoms with Gasteiger partial charge in [-0.2, -0.15) is 0 Å². The summed E-state index contributed by atoms with van der Waals surface area (Å²) in [6.07, 6.45) is 1.38. The first-order chi connectivity index (χ1) is 9.63. The molecular formula is C16H18N2O2. The van der Waals surface area contributed by atoms with Gasteiger partial charge in [-0.15, -0.1) is 0 Å². The number of ether oxygens (including phenoxy) is 1. The number of hydrogen-bond donors (Lipinski definition) is 1. The summed E-state index contributed by atoms with van der Waals surface area (Å²) >= 11 is 0. The van der Waals surface area contributed by atoms with Gasteiger partial charge in [-0.1, -0.05) is 18.2 Å². The van der Waals surface area contributed by atoms with E-state index in [-0.39, 0.29) is 5.56 Å². The van der Waals surface area contributed by atoms with Crippen molar-refractivity contribution in [2.75, 3.05) is 6.61 Å². The number of benzene rings is 1. The Labute approximate surface area is 117 Å². The van der Waals surface area contributed by atoms with E-state index < -0.39 is 0 Å². The third kappa shape index (κ3) is 2.51. The van der Waals surface area contributed by atoms with E-state index in [0.717, 1.165) is 17.9 Å². The molecule has 0 bridgehead atoms. The van der Waals surface area contributed by atoms with Gasteiger partial charge in [-0.3, -0.25) is 4.79 Å². The van der Waals surface area contributed by atoms with Crippen LogP contribution in [-0.2, 0) is 24.2 Å². The van der Waals surface area contributed by atoms with Gasteiger partial charge in [-0.05, 0) is 30.5 Å². The maximum Gasteiger partial charge on any atom is 0.256 e. The maximum atomic E-state index is 12.0. The molecule has 0 saturated heterocycles. The smallest absolute Gasteiger partial charge is 0.256 e. The van der Waals surface area contributed by atoms with E-state index in [1.165, 1.54) is 16.7 Å². The van der Waals surface area contributed by atoms with Crippen LogP contribution in [0.3, 0.4) is 0 Å². The number of aromatic amines is 1. The van der Waals surface area contributed by atoms with Gasteiger partial charge < -0.3 is 9.72 Å². The average molecular weight is 270 g/mol. The molecular weight excluding hydrogens is 252 g/mol. The maximum absolute atomic E-state index is 12.0. The van der Waals surface area contributed by atoms with Crippen molar-refractivity contribution in [1.29, 1.82) is 0 Å². The molecule has 3 rings (SSSR count). The molecule has 20 heavy (non-hydrogen) atoms. The summed E-state index contributed by atoms with van der Waals surface area (Å²) in [5.74, 6) is 0.735. The Kier molecular flexibility index (Phi) is 3.40. The van der Waals surface area contributed by atoms with E-state index in [1.807, 2.05) is 0 Å². The third-order valence-electron chi connectivity index (χ3n) is 3.82. The fourth-order valence-corrected chi connectivity index (χ4v) is 2.49. The molecule has 4 nitrogen and oxygen atoms in total. The minimum Gasteiger partial charge on any atom is -0.376 e. The molecule has 1 aromatic carbocycles. The molecule has 1 N–H and O–H groups in total. The van der Waals surface area contributed by atoms with Crippen molar-refractivity contribution in [2.24, 2.45) is 0 Å². The second-order valence-corrected chi connectivity index (χ2v) is 5.34. The molecule has 104 valence electrons. The molecule has 1 aliphatic rings. The highest BCUT2D eigenvalue weighted by atomic mass is 16.5. The lowest BCUT2D eigenvalue weighted by atomic mass is 10.0. The van der Waals surface area contributed by atoms with Crippen LogP contribution in [0.4, 0.5) is 0 Å². The van der Waals surface area contributed by atoms with Crippen LogP contribution in [0.25, 0.3) is 0 Å². The van der Waals surface area contributed by atoms with Crippen molar-refractivity contribution in [3.63, 3.8) is 0 Å². The minimum atomic E-state index is -0.0615. The van der Waals surface area contributed by atoms with Gasteiger partial charge in [-0.25, -0.2) is 4.98 Å². The number of nitrogens with zero attached hydrogens (tertiary/aromatic N) is 1. The Balaban J connectivity index is 1.93. The van der Waals surface area contributed by atoms with Gasteiger partial charge >= 0.3 is 0 Å². The van der Waals surface area contributed by atoms with Gasteiger partial charge in [0.2, 0.25) is 0 Å². The SMILES string of the molecule is Cc1ccc(Cc2nc3c(c(=O)[nH]2)COCC3)cc1C. The Hall–Kier alpha value is -1.94. The average Bonchev–Trinajstić information content (AvgIpc) is 2.43. The van der Waals surface area contributed by atoms with Gasteiger partial charge in [0.05, 0.1) is 24.5 Å². The van der Waals surface area contributed by atoms with Crippen molar-refractivity contribution >= 4 is 0 Å². The predicted molar refractivity (Wildman–Crippen MR) is 76.9 cm³/mol. The van der Waals surface area contributed by atoms with E-state index >= 15 is 0 Å². The zero-order chi connectivity index (χ0) is 14.1. The normalized spacial score (nSPS) is 14.1. The van der Waals surface area contributed by atoms with Gasteiger partial charge in [0.1, 0.15) is 5.82 Å². The highest BCUT2D eigenvalue weighted by Crippen LogP contribution is 2.14. The molecule has 4 heteroatoms. The second kappa shape index (κ2) is 5.21. The fraction of sp³-hybridized carbons (Fsp3) is 0.375. The minimum absolute atomic E-state index is 0.0615. The lowest BCUT2D eigenvalue weighted by Crippen LogP contribution is -2.25. The van der Waals surface area contributed by atoms with Crippen LogP contribution < -0.4 is 5.56 Å². The fourth-order valence-electron chi connectivity index (χ4n) is 2.49. The molecule has 0 aliphatic carbocycles. The number of H-pyrrole nitrogens is 1. The van der Waals surface area contributed by atoms with Crippen LogP contribution in [0.2, 0.25) is 0 Å². The first kappa shape index (κ1) is 13.1. The molecule has 2 aromatic rings. The Bertz CT molecular complexity index is 704. The monoisotopic (exact) mass is 270 g/mol. The number of nitrogens with one attached hydrogen (secondary N) is 1. The van der Waals surface area contributed by atoms with E-state index in [9.17, 15) is 4.79 Å². The summed E-state index contributed by atoms with van der Waals surface area (Å²) in [5, 5.41) is 0. The molecule has 0 saturated carbocycles. The van der Waals surface area contributed by atoms with E-state index in [0.29, 0.717) is 25.2 Å². The van der Waals surface area contributed by atoms with Gasteiger partial charge in [0, 0.05) is 12.8 Å². The van der Waals surface area contributed by atoms with Crippen LogP contribution in [0.15, 0.2) is 23.0 Å².